The lowest BCUT2D eigenvalue weighted by Crippen LogP contribution is -2.37. The Bertz CT molecular complexity index is 693. The minimum atomic E-state index is -0.386. The Balaban J connectivity index is 1.90. The first-order valence-electron chi connectivity index (χ1n) is 7.66. The number of aryl methyl sites for hydroxylation is 1. The molecule has 0 saturated carbocycles. The summed E-state index contributed by atoms with van der Waals surface area (Å²) in [5.41, 5.74) is 3.65. The van der Waals surface area contributed by atoms with Gasteiger partial charge in [-0.25, -0.2) is 0 Å². The zero-order chi connectivity index (χ0) is 16.8. The molecule has 0 heterocycles. The van der Waals surface area contributed by atoms with Gasteiger partial charge in [-0.1, -0.05) is 42.0 Å². The second-order valence-electron chi connectivity index (χ2n) is 5.71. The molecule has 1 unspecified atom stereocenters. The van der Waals surface area contributed by atoms with Gasteiger partial charge in [0.1, 0.15) is 6.04 Å². The van der Waals surface area contributed by atoms with Gasteiger partial charge < -0.3 is 10.6 Å². The molecule has 0 fully saturated rings. The third-order valence-corrected chi connectivity index (χ3v) is 3.63. The van der Waals surface area contributed by atoms with Gasteiger partial charge in [-0.3, -0.25) is 9.59 Å². The topological polar surface area (TPSA) is 58.2 Å². The number of nitrogens with one attached hydrogen (secondary N) is 2. The fourth-order valence-corrected chi connectivity index (χ4v) is 2.19. The van der Waals surface area contributed by atoms with Crippen molar-refractivity contribution in [1.82, 2.24) is 5.32 Å². The highest BCUT2D eigenvalue weighted by Crippen LogP contribution is 2.12. The van der Waals surface area contributed by atoms with Crippen molar-refractivity contribution in [2.24, 2.45) is 0 Å². The van der Waals surface area contributed by atoms with Crippen LogP contribution in [-0.4, -0.2) is 17.7 Å². The van der Waals surface area contributed by atoms with Crippen molar-refractivity contribution in [3.05, 3.63) is 65.2 Å². The van der Waals surface area contributed by atoms with Crippen LogP contribution >= 0.6 is 0 Å². The van der Waals surface area contributed by atoms with Crippen molar-refractivity contribution < 1.29 is 9.59 Å². The summed E-state index contributed by atoms with van der Waals surface area (Å²) in [7, 11) is 0. The molecule has 1 atom stereocenters. The molecule has 0 aliphatic rings. The summed E-state index contributed by atoms with van der Waals surface area (Å²) in [4.78, 5) is 23.6. The molecule has 120 valence electrons. The molecule has 4 heteroatoms. The molecular weight excluding hydrogens is 288 g/mol. The largest absolute Gasteiger partial charge is 0.374 e. The summed E-state index contributed by atoms with van der Waals surface area (Å²) in [6.45, 7) is 5.85. The number of benzene rings is 2. The Kier molecular flexibility index (Phi) is 5.52. The van der Waals surface area contributed by atoms with Crippen LogP contribution < -0.4 is 10.6 Å². The predicted octanol–water partition coefficient (Wildman–Crippen LogP) is 3.31. The van der Waals surface area contributed by atoms with Crippen molar-refractivity contribution in [2.75, 3.05) is 5.32 Å². The number of anilines is 1. The van der Waals surface area contributed by atoms with E-state index in [0.717, 1.165) is 11.3 Å². The highest BCUT2D eigenvalue weighted by Gasteiger charge is 2.12. The quantitative estimate of drug-likeness (QED) is 0.805. The monoisotopic (exact) mass is 310 g/mol. The lowest BCUT2D eigenvalue weighted by molar-refractivity contribution is -0.121. The minimum Gasteiger partial charge on any atom is -0.374 e. The highest BCUT2D eigenvalue weighted by molar-refractivity contribution is 5.95. The lowest BCUT2D eigenvalue weighted by Gasteiger charge is -2.16. The number of ketones is 1. The Labute approximate surface area is 136 Å². The number of Topliss-reactive ketones (excluding diaryl/α,β-unsaturated/α-hetero) is 1. The number of carbonyl (C=O) groups is 2. The second kappa shape index (κ2) is 7.58. The normalized spacial score (nSPS) is 11.6. The van der Waals surface area contributed by atoms with E-state index in [1.165, 1.54) is 12.5 Å². The van der Waals surface area contributed by atoms with Crippen LogP contribution in [0.15, 0.2) is 48.5 Å². The van der Waals surface area contributed by atoms with Crippen LogP contribution in [0, 0.1) is 6.92 Å². The summed E-state index contributed by atoms with van der Waals surface area (Å²) in [5, 5.41) is 6.03. The molecule has 0 saturated heterocycles. The molecular formula is C19H22N2O2. The first-order chi connectivity index (χ1) is 11.0. The van der Waals surface area contributed by atoms with Crippen molar-refractivity contribution in [1.29, 1.82) is 0 Å². The molecule has 2 aromatic carbocycles. The molecule has 0 spiro atoms. The number of carbonyl (C=O) groups excluding carboxylic acids is 2. The van der Waals surface area contributed by atoms with E-state index in [0.29, 0.717) is 12.1 Å². The molecule has 0 radical (unpaired) electrons. The van der Waals surface area contributed by atoms with Crippen LogP contribution in [0.5, 0.6) is 0 Å². The van der Waals surface area contributed by atoms with E-state index >= 15 is 0 Å². The van der Waals surface area contributed by atoms with E-state index < -0.39 is 0 Å². The Morgan fingerprint density at radius 1 is 1.09 bits per heavy atom. The SMILES string of the molecule is CC(=O)c1cccc(NC(C)C(=O)NCc2ccc(C)cc2)c1. The maximum Gasteiger partial charge on any atom is 0.242 e. The molecule has 4 nitrogen and oxygen atoms in total. The highest BCUT2D eigenvalue weighted by atomic mass is 16.2. The molecule has 23 heavy (non-hydrogen) atoms. The van der Waals surface area contributed by atoms with E-state index in [9.17, 15) is 9.59 Å². The van der Waals surface area contributed by atoms with Crippen LogP contribution in [0.4, 0.5) is 5.69 Å². The van der Waals surface area contributed by atoms with Gasteiger partial charge in [0.05, 0.1) is 0 Å². The molecule has 2 rings (SSSR count). The summed E-state index contributed by atoms with van der Waals surface area (Å²) in [6, 6.07) is 14.8. The third-order valence-electron chi connectivity index (χ3n) is 3.63. The van der Waals surface area contributed by atoms with Gasteiger partial charge in [-0.15, -0.1) is 0 Å². The number of hydrogen-bond acceptors (Lipinski definition) is 3. The van der Waals surface area contributed by atoms with E-state index in [1.807, 2.05) is 37.3 Å². The molecule has 2 N–H and O–H groups in total. The molecule has 0 aromatic heterocycles. The van der Waals surface area contributed by atoms with E-state index in [-0.39, 0.29) is 17.7 Å². The lowest BCUT2D eigenvalue weighted by atomic mass is 10.1. The maximum absolute atomic E-state index is 12.2. The van der Waals surface area contributed by atoms with Gasteiger partial charge in [0.2, 0.25) is 5.91 Å². The maximum atomic E-state index is 12.2. The predicted molar refractivity (Wildman–Crippen MR) is 92.6 cm³/mol. The van der Waals surface area contributed by atoms with Crippen molar-refractivity contribution in [3.63, 3.8) is 0 Å². The van der Waals surface area contributed by atoms with Crippen LogP contribution in [0.2, 0.25) is 0 Å². The minimum absolute atomic E-state index is 0.00475. The average molecular weight is 310 g/mol. The van der Waals surface area contributed by atoms with Gasteiger partial charge in [-0.05, 0) is 38.5 Å². The van der Waals surface area contributed by atoms with E-state index in [1.54, 1.807) is 25.1 Å². The molecule has 1 amide bonds. The fraction of sp³-hybridized carbons (Fsp3) is 0.263. The first kappa shape index (κ1) is 16.7. The molecule has 0 bridgehead atoms. The van der Waals surface area contributed by atoms with E-state index in [4.69, 9.17) is 0 Å². The van der Waals surface area contributed by atoms with Gasteiger partial charge in [-0.2, -0.15) is 0 Å². The van der Waals surface area contributed by atoms with Crippen LogP contribution in [0.3, 0.4) is 0 Å². The van der Waals surface area contributed by atoms with E-state index in [2.05, 4.69) is 10.6 Å². The zero-order valence-corrected chi connectivity index (χ0v) is 13.7. The van der Waals surface area contributed by atoms with Crippen LogP contribution in [-0.2, 0) is 11.3 Å². The molecule has 2 aromatic rings. The summed E-state index contributed by atoms with van der Waals surface area (Å²) in [6.07, 6.45) is 0. The fourth-order valence-electron chi connectivity index (χ4n) is 2.19. The summed E-state index contributed by atoms with van der Waals surface area (Å²) in [5.74, 6) is -0.0797. The first-order valence-corrected chi connectivity index (χ1v) is 7.66. The van der Waals surface area contributed by atoms with Gasteiger partial charge in [0, 0.05) is 17.8 Å². The standard InChI is InChI=1S/C19H22N2O2/c1-13-7-9-16(10-8-13)12-20-19(23)14(2)21-18-6-4-5-17(11-18)15(3)22/h4-11,14,21H,12H2,1-3H3,(H,20,23). The Hall–Kier alpha value is -2.62. The number of rotatable bonds is 6. The Morgan fingerprint density at radius 2 is 1.78 bits per heavy atom. The van der Waals surface area contributed by atoms with Gasteiger partial charge in [0.25, 0.3) is 0 Å². The van der Waals surface area contributed by atoms with Crippen molar-refractivity contribution in [3.8, 4) is 0 Å². The van der Waals surface area contributed by atoms with Crippen LogP contribution in [0.25, 0.3) is 0 Å². The zero-order valence-electron chi connectivity index (χ0n) is 13.7. The smallest absolute Gasteiger partial charge is 0.242 e. The molecule has 0 aliphatic carbocycles. The summed E-state index contributed by atoms with van der Waals surface area (Å²) < 4.78 is 0. The second-order valence-corrected chi connectivity index (χ2v) is 5.71. The van der Waals surface area contributed by atoms with Crippen molar-refractivity contribution >= 4 is 17.4 Å². The van der Waals surface area contributed by atoms with Gasteiger partial charge >= 0.3 is 0 Å². The number of amides is 1. The molecule has 0 aliphatic heterocycles. The number of hydrogen-bond donors (Lipinski definition) is 2. The summed E-state index contributed by atoms with van der Waals surface area (Å²) >= 11 is 0. The Morgan fingerprint density at radius 3 is 2.43 bits per heavy atom. The third kappa shape index (κ3) is 4.95. The van der Waals surface area contributed by atoms with Crippen molar-refractivity contribution in [2.45, 2.75) is 33.4 Å². The van der Waals surface area contributed by atoms with Crippen LogP contribution in [0.1, 0.15) is 35.3 Å². The average Bonchev–Trinajstić information content (AvgIpc) is 2.54. The van der Waals surface area contributed by atoms with Gasteiger partial charge in [0.15, 0.2) is 5.78 Å².